The Balaban J connectivity index is 2.18. The van der Waals surface area contributed by atoms with Crippen LogP contribution >= 0.6 is 0 Å². The monoisotopic (exact) mass is 324 g/mol. The van der Waals surface area contributed by atoms with E-state index in [1.165, 1.54) is 6.20 Å². The van der Waals surface area contributed by atoms with Gasteiger partial charge in [0, 0.05) is 35.3 Å². The van der Waals surface area contributed by atoms with Crippen molar-refractivity contribution in [3.63, 3.8) is 0 Å². The molecule has 0 bridgehead atoms. The fourth-order valence-corrected chi connectivity index (χ4v) is 2.25. The molecule has 0 unspecified atom stereocenters. The number of aromatic nitrogens is 2. The molecule has 0 atom stereocenters. The van der Waals surface area contributed by atoms with Crippen LogP contribution in [0.5, 0.6) is 5.75 Å². The third-order valence-electron chi connectivity index (χ3n) is 3.62. The maximum atomic E-state index is 5.66. The Morgan fingerprint density at radius 1 is 1.29 bits per heavy atom. The van der Waals surface area contributed by atoms with Crippen molar-refractivity contribution >= 4 is 11.3 Å². The standard InChI is InChI=1S/C19H24N4O/c1-5-15(6-8-20)18-10-16(12-22-14(18)4)23-24-17-7-9-21-19(11-17)13(2)3/h5-13,23H,20H2,1-4H3/b8-6-,15-5+. The summed E-state index contributed by atoms with van der Waals surface area (Å²) in [6.07, 6.45) is 8.86. The number of nitrogens with one attached hydrogen (secondary N) is 1. The summed E-state index contributed by atoms with van der Waals surface area (Å²) in [7, 11) is 0. The van der Waals surface area contributed by atoms with Crippen LogP contribution in [-0.4, -0.2) is 9.97 Å². The van der Waals surface area contributed by atoms with Crippen LogP contribution in [0.25, 0.3) is 5.57 Å². The first-order valence-electron chi connectivity index (χ1n) is 7.95. The van der Waals surface area contributed by atoms with E-state index in [1.54, 1.807) is 12.4 Å². The summed E-state index contributed by atoms with van der Waals surface area (Å²) in [5.41, 5.74) is 13.2. The van der Waals surface area contributed by atoms with Gasteiger partial charge in [-0.15, -0.1) is 0 Å². The van der Waals surface area contributed by atoms with E-state index in [4.69, 9.17) is 10.6 Å². The van der Waals surface area contributed by atoms with Crippen LogP contribution in [0.4, 0.5) is 5.69 Å². The Bertz CT molecular complexity index is 751. The van der Waals surface area contributed by atoms with Gasteiger partial charge in [-0.1, -0.05) is 19.9 Å². The molecule has 5 nitrogen and oxygen atoms in total. The summed E-state index contributed by atoms with van der Waals surface area (Å²) in [6, 6.07) is 5.73. The van der Waals surface area contributed by atoms with Crippen LogP contribution in [0.3, 0.4) is 0 Å². The van der Waals surface area contributed by atoms with Crippen molar-refractivity contribution < 1.29 is 4.84 Å². The third-order valence-corrected chi connectivity index (χ3v) is 3.62. The zero-order valence-corrected chi connectivity index (χ0v) is 14.6. The Morgan fingerprint density at radius 3 is 2.75 bits per heavy atom. The number of rotatable bonds is 6. The molecule has 24 heavy (non-hydrogen) atoms. The number of nitrogens with zero attached hydrogens (tertiary/aromatic N) is 2. The van der Waals surface area contributed by atoms with Gasteiger partial charge in [0.05, 0.1) is 11.9 Å². The van der Waals surface area contributed by atoms with Gasteiger partial charge in [0.15, 0.2) is 5.75 Å². The molecule has 0 radical (unpaired) electrons. The average Bonchev–Trinajstić information content (AvgIpc) is 2.59. The van der Waals surface area contributed by atoms with Gasteiger partial charge in [-0.3, -0.25) is 9.97 Å². The molecular formula is C19H24N4O. The minimum atomic E-state index is 0.349. The SMILES string of the molecule is C/C=C(\C=C/N)c1cc(NOc2ccnc(C(C)C)c2)cnc1C. The second-order valence-corrected chi connectivity index (χ2v) is 5.74. The van der Waals surface area contributed by atoms with Crippen LogP contribution in [0.1, 0.15) is 43.6 Å². The number of anilines is 1. The molecule has 0 aromatic carbocycles. The lowest BCUT2D eigenvalue weighted by atomic mass is 10.0. The second-order valence-electron chi connectivity index (χ2n) is 5.74. The van der Waals surface area contributed by atoms with Crippen molar-refractivity contribution in [2.24, 2.45) is 5.73 Å². The Hall–Kier alpha value is -2.82. The highest BCUT2D eigenvalue weighted by Gasteiger charge is 2.07. The normalized spacial score (nSPS) is 12.0. The first-order valence-corrected chi connectivity index (χ1v) is 7.95. The first kappa shape index (κ1) is 17.5. The Kier molecular flexibility index (Phi) is 5.95. The Morgan fingerprint density at radius 2 is 2.08 bits per heavy atom. The average molecular weight is 324 g/mol. The molecule has 0 aliphatic rings. The highest BCUT2D eigenvalue weighted by atomic mass is 16.6. The number of nitrogens with two attached hydrogens (primary N) is 1. The third kappa shape index (κ3) is 4.35. The largest absolute Gasteiger partial charge is 0.405 e. The second kappa shape index (κ2) is 8.15. The topological polar surface area (TPSA) is 73.1 Å². The molecule has 2 rings (SSSR count). The van der Waals surface area contributed by atoms with Gasteiger partial charge in [0.1, 0.15) is 0 Å². The zero-order chi connectivity index (χ0) is 17.5. The minimum Gasteiger partial charge on any atom is -0.405 e. The van der Waals surface area contributed by atoms with E-state index in [0.29, 0.717) is 11.7 Å². The molecule has 0 aliphatic carbocycles. The van der Waals surface area contributed by atoms with Gasteiger partial charge in [0.25, 0.3) is 0 Å². The van der Waals surface area contributed by atoms with Crippen molar-refractivity contribution in [2.75, 3.05) is 5.48 Å². The number of pyridine rings is 2. The highest BCUT2D eigenvalue weighted by Crippen LogP contribution is 2.23. The molecule has 2 aromatic heterocycles. The molecule has 0 amide bonds. The fraction of sp³-hybridized carbons (Fsp3) is 0.263. The first-order chi connectivity index (χ1) is 11.5. The van der Waals surface area contributed by atoms with E-state index in [0.717, 1.165) is 28.2 Å². The maximum Gasteiger partial charge on any atom is 0.158 e. The molecule has 3 N–H and O–H groups in total. The van der Waals surface area contributed by atoms with E-state index in [1.807, 2.05) is 44.2 Å². The molecule has 5 heteroatoms. The van der Waals surface area contributed by atoms with E-state index < -0.39 is 0 Å². The number of allylic oxidation sites excluding steroid dienone is 3. The van der Waals surface area contributed by atoms with Gasteiger partial charge in [-0.2, -0.15) is 0 Å². The molecule has 0 saturated carbocycles. The lowest BCUT2D eigenvalue weighted by Gasteiger charge is -2.12. The molecule has 0 saturated heterocycles. The summed E-state index contributed by atoms with van der Waals surface area (Å²) in [5.74, 6) is 1.06. The number of aryl methyl sites for hydroxylation is 1. The molecule has 0 spiro atoms. The summed E-state index contributed by atoms with van der Waals surface area (Å²) >= 11 is 0. The minimum absolute atomic E-state index is 0.349. The van der Waals surface area contributed by atoms with Crippen LogP contribution in [0.2, 0.25) is 0 Å². The summed E-state index contributed by atoms with van der Waals surface area (Å²) < 4.78 is 0. The van der Waals surface area contributed by atoms with Crippen molar-refractivity contribution in [3.8, 4) is 5.75 Å². The van der Waals surface area contributed by atoms with E-state index in [9.17, 15) is 0 Å². The molecule has 126 valence electrons. The molecule has 2 heterocycles. The smallest absolute Gasteiger partial charge is 0.158 e. The highest BCUT2D eigenvalue weighted by molar-refractivity contribution is 5.76. The summed E-state index contributed by atoms with van der Waals surface area (Å²) in [6.45, 7) is 8.12. The molecule has 0 aliphatic heterocycles. The lowest BCUT2D eigenvalue weighted by Crippen LogP contribution is -2.07. The van der Waals surface area contributed by atoms with Gasteiger partial charge < -0.3 is 10.6 Å². The molecule has 0 fully saturated rings. The van der Waals surface area contributed by atoms with Crippen LogP contribution in [-0.2, 0) is 0 Å². The van der Waals surface area contributed by atoms with E-state index in [2.05, 4.69) is 29.3 Å². The van der Waals surface area contributed by atoms with Gasteiger partial charge in [-0.25, -0.2) is 5.48 Å². The summed E-state index contributed by atoms with van der Waals surface area (Å²) in [4.78, 5) is 14.4. The quantitative estimate of drug-likeness (QED) is 0.615. The van der Waals surface area contributed by atoms with Crippen molar-refractivity contribution in [1.29, 1.82) is 0 Å². The number of hydrogen-bond acceptors (Lipinski definition) is 5. The van der Waals surface area contributed by atoms with Gasteiger partial charge in [-0.05, 0) is 43.7 Å². The predicted molar refractivity (Wildman–Crippen MR) is 98.5 cm³/mol. The maximum absolute atomic E-state index is 5.66. The van der Waals surface area contributed by atoms with Crippen molar-refractivity contribution in [1.82, 2.24) is 9.97 Å². The van der Waals surface area contributed by atoms with E-state index in [-0.39, 0.29) is 0 Å². The fourth-order valence-electron chi connectivity index (χ4n) is 2.25. The van der Waals surface area contributed by atoms with Crippen molar-refractivity contribution in [2.45, 2.75) is 33.6 Å². The van der Waals surface area contributed by atoms with Gasteiger partial charge >= 0.3 is 0 Å². The predicted octanol–water partition coefficient (Wildman–Crippen LogP) is 4.19. The lowest BCUT2D eigenvalue weighted by molar-refractivity contribution is 0.403. The molecule has 2 aromatic rings. The van der Waals surface area contributed by atoms with Crippen molar-refractivity contribution in [3.05, 3.63) is 65.9 Å². The van der Waals surface area contributed by atoms with Crippen LogP contribution in [0.15, 0.2) is 48.9 Å². The number of hydrogen-bond donors (Lipinski definition) is 2. The van der Waals surface area contributed by atoms with Gasteiger partial charge in [0.2, 0.25) is 0 Å². The summed E-state index contributed by atoms with van der Waals surface area (Å²) in [5, 5.41) is 0. The van der Waals surface area contributed by atoms with Crippen LogP contribution < -0.4 is 16.1 Å². The van der Waals surface area contributed by atoms with Crippen LogP contribution in [0, 0.1) is 6.92 Å². The van der Waals surface area contributed by atoms with E-state index >= 15 is 0 Å². The Labute approximate surface area is 143 Å². The molecular weight excluding hydrogens is 300 g/mol. The zero-order valence-electron chi connectivity index (χ0n) is 14.6.